The first-order valence-corrected chi connectivity index (χ1v) is 8.16. The van der Waals surface area contributed by atoms with E-state index in [4.69, 9.17) is 23.2 Å². The first-order valence-electron chi connectivity index (χ1n) is 5.80. The Balaban J connectivity index is 2.96. The molecule has 7 nitrogen and oxygen atoms in total. The zero-order valence-electron chi connectivity index (χ0n) is 11.0. The summed E-state index contributed by atoms with van der Waals surface area (Å²) in [6.45, 7) is 1.47. The van der Waals surface area contributed by atoms with Crippen molar-refractivity contribution in [1.29, 1.82) is 0 Å². The minimum atomic E-state index is -3.63. The van der Waals surface area contributed by atoms with Crippen LogP contribution in [0.5, 0.6) is 0 Å². The topological polar surface area (TPSA) is 103 Å². The monoisotopic (exact) mass is 351 g/mol. The number of aromatic amines is 2. The highest BCUT2D eigenvalue weighted by Gasteiger charge is 2.23. The molecule has 0 atom stereocenters. The molecule has 0 aliphatic carbocycles. The van der Waals surface area contributed by atoms with Crippen LogP contribution in [0.15, 0.2) is 15.7 Å². The van der Waals surface area contributed by atoms with Crippen LogP contribution < -0.4 is 15.4 Å². The molecule has 0 fully saturated rings. The highest BCUT2D eigenvalue weighted by Crippen LogP contribution is 2.38. The number of hydrogen-bond donors (Lipinski definition) is 2. The van der Waals surface area contributed by atoms with Gasteiger partial charge in [-0.05, 0) is 13.0 Å². The summed E-state index contributed by atoms with van der Waals surface area (Å²) in [4.78, 5) is 27.5. The predicted molar refractivity (Wildman–Crippen MR) is 83.1 cm³/mol. The maximum atomic E-state index is 12.0. The Morgan fingerprint density at radius 2 is 1.76 bits per heavy atom. The van der Waals surface area contributed by atoms with Crippen molar-refractivity contribution in [2.45, 2.75) is 6.92 Å². The Kier molecular flexibility index (Phi) is 4.05. The number of nitrogens with zero attached hydrogens (tertiary/aromatic N) is 1. The standard InChI is InChI=1S/C11H11Cl2N3O4S/c1-3-21(19,20)16(2)9-7(13)5(12)4-6-8(9)15-11(18)10(17)14-6/h4H,3H2,1-2H3,(H,14,17)(H,15,18). The summed E-state index contributed by atoms with van der Waals surface area (Å²) < 4.78 is 25.0. The van der Waals surface area contributed by atoms with Crippen LogP contribution in [0.4, 0.5) is 5.69 Å². The van der Waals surface area contributed by atoms with Crippen molar-refractivity contribution in [3.05, 3.63) is 36.8 Å². The number of halogens is 2. The number of H-pyrrole nitrogens is 2. The SMILES string of the molecule is CCS(=O)(=O)N(C)c1c(Cl)c(Cl)cc2[nH]c(=O)c(=O)[nH]c12. The third-order valence-electron chi connectivity index (χ3n) is 2.98. The molecule has 0 spiro atoms. The molecule has 0 amide bonds. The summed E-state index contributed by atoms with van der Waals surface area (Å²) in [5.41, 5.74) is -1.50. The van der Waals surface area contributed by atoms with E-state index >= 15 is 0 Å². The molecule has 0 saturated heterocycles. The summed E-state index contributed by atoms with van der Waals surface area (Å²) in [6.07, 6.45) is 0. The Labute approximate surface area is 129 Å². The fourth-order valence-electron chi connectivity index (χ4n) is 1.82. The van der Waals surface area contributed by atoms with Gasteiger partial charge >= 0.3 is 11.1 Å². The molecule has 2 aromatic rings. The molecule has 0 bridgehead atoms. The Morgan fingerprint density at radius 1 is 1.19 bits per heavy atom. The van der Waals surface area contributed by atoms with Crippen LogP contribution in [0, 0.1) is 0 Å². The van der Waals surface area contributed by atoms with Crippen LogP contribution in [-0.2, 0) is 10.0 Å². The lowest BCUT2D eigenvalue weighted by Crippen LogP contribution is -2.32. The molecule has 1 aromatic carbocycles. The molecular weight excluding hydrogens is 341 g/mol. The van der Waals surface area contributed by atoms with E-state index in [-0.39, 0.29) is 32.5 Å². The van der Waals surface area contributed by atoms with Crippen LogP contribution in [0.2, 0.25) is 10.0 Å². The van der Waals surface area contributed by atoms with Crippen LogP contribution in [0.25, 0.3) is 11.0 Å². The molecule has 0 aliphatic heterocycles. The van der Waals surface area contributed by atoms with E-state index < -0.39 is 21.1 Å². The van der Waals surface area contributed by atoms with Gasteiger partial charge in [-0.1, -0.05) is 23.2 Å². The van der Waals surface area contributed by atoms with E-state index in [0.717, 1.165) is 4.31 Å². The van der Waals surface area contributed by atoms with Crippen LogP contribution in [0.1, 0.15) is 6.92 Å². The van der Waals surface area contributed by atoms with Gasteiger partial charge in [0, 0.05) is 7.05 Å². The van der Waals surface area contributed by atoms with Crippen molar-refractivity contribution >= 4 is 49.9 Å². The number of benzene rings is 1. The number of sulfonamides is 1. The van der Waals surface area contributed by atoms with Gasteiger partial charge in [-0.25, -0.2) is 8.42 Å². The summed E-state index contributed by atoms with van der Waals surface area (Å²) >= 11 is 12.0. The van der Waals surface area contributed by atoms with Gasteiger partial charge < -0.3 is 9.97 Å². The summed E-state index contributed by atoms with van der Waals surface area (Å²) in [7, 11) is -2.34. The van der Waals surface area contributed by atoms with Gasteiger partial charge in [-0.15, -0.1) is 0 Å². The van der Waals surface area contributed by atoms with E-state index in [9.17, 15) is 18.0 Å². The number of hydrogen-bond acceptors (Lipinski definition) is 4. The van der Waals surface area contributed by atoms with Crippen molar-refractivity contribution in [2.24, 2.45) is 0 Å². The zero-order chi connectivity index (χ0) is 15.9. The van der Waals surface area contributed by atoms with E-state index in [0.29, 0.717) is 0 Å². The number of aromatic nitrogens is 2. The molecular formula is C11H11Cl2N3O4S. The second-order valence-corrected chi connectivity index (χ2v) is 7.29. The van der Waals surface area contributed by atoms with E-state index in [2.05, 4.69) is 9.97 Å². The van der Waals surface area contributed by atoms with Crippen molar-refractivity contribution < 1.29 is 8.42 Å². The van der Waals surface area contributed by atoms with Crippen molar-refractivity contribution in [3.63, 3.8) is 0 Å². The van der Waals surface area contributed by atoms with Crippen molar-refractivity contribution in [2.75, 3.05) is 17.1 Å². The average Bonchev–Trinajstić information content (AvgIpc) is 2.42. The van der Waals surface area contributed by atoms with Gasteiger partial charge in [0.05, 0.1) is 32.5 Å². The molecule has 114 valence electrons. The van der Waals surface area contributed by atoms with Crippen molar-refractivity contribution in [3.8, 4) is 0 Å². The van der Waals surface area contributed by atoms with E-state index in [1.54, 1.807) is 0 Å². The minimum Gasteiger partial charge on any atom is -0.316 e. The second kappa shape index (κ2) is 5.36. The summed E-state index contributed by atoms with van der Waals surface area (Å²) in [6, 6.07) is 1.34. The van der Waals surface area contributed by atoms with Crippen LogP contribution in [0.3, 0.4) is 0 Å². The molecule has 0 unspecified atom stereocenters. The molecule has 2 N–H and O–H groups in total. The third kappa shape index (κ3) is 2.66. The van der Waals surface area contributed by atoms with Gasteiger partial charge in [0.15, 0.2) is 0 Å². The molecule has 1 heterocycles. The highest BCUT2D eigenvalue weighted by molar-refractivity contribution is 7.92. The highest BCUT2D eigenvalue weighted by atomic mass is 35.5. The fraction of sp³-hybridized carbons (Fsp3) is 0.273. The Morgan fingerprint density at radius 3 is 2.33 bits per heavy atom. The smallest absolute Gasteiger partial charge is 0.314 e. The van der Waals surface area contributed by atoms with Gasteiger partial charge in [-0.2, -0.15) is 0 Å². The Hall–Kier alpha value is -1.51. The molecule has 2 rings (SSSR count). The largest absolute Gasteiger partial charge is 0.316 e. The molecule has 0 aliphatic rings. The molecule has 10 heteroatoms. The van der Waals surface area contributed by atoms with Gasteiger partial charge in [-0.3, -0.25) is 13.9 Å². The van der Waals surface area contributed by atoms with Gasteiger partial charge in [0.1, 0.15) is 0 Å². The average molecular weight is 352 g/mol. The van der Waals surface area contributed by atoms with Crippen molar-refractivity contribution in [1.82, 2.24) is 9.97 Å². The Bertz CT molecular complexity index is 933. The lowest BCUT2D eigenvalue weighted by atomic mass is 10.2. The maximum Gasteiger partial charge on any atom is 0.314 e. The summed E-state index contributed by atoms with van der Waals surface area (Å²) in [5.74, 6) is -0.165. The molecule has 0 radical (unpaired) electrons. The van der Waals surface area contributed by atoms with E-state index in [1.807, 2.05) is 0 Å². The number of rotatable bonds is 3. The number of fused-ring (bicyclic) bond motifs is 1. The summed E-state index contributed by atoms with van der Waals surface area (Å²) in [5, 5.41) is 0.0198. The second-order valence-electron chi connectivity index (χ2n) is 4.22. The lowest BCUT2D eigenvalue weighted by Gasteiger charge is -2.21. The molecule has 0 saturated carbocycles. The van der Waals surface area contributed by atoms with Gasteiger partial charge in [0.2, 0.25) is 10.0 Å². The predicted octanol–water partition coefficient (Wildman–Crippen LogP) is 1.31. The lowest BCUT2D eigenvalue weighted by molar-refractivity contribution is 0.595. The molecule has 21 heavy (non-hydrogen) atoms. The quantitative estimate of drug-likeness (QED) is 0.813. The number of nitrogens with one attached hydrogen (secondary N) is 2. The first kappa shape index (κ1) is 15.9. The minimum absolute atomic E-state index is 0.00867. The van der Waals surface area contributed by atoms with Gasteiger partial charge in [0.25, 0.3) is 0 Å². The maximum absolute atomic E-state index is 12.0. The van der Waals surface area contributed by atoms with Crippen LogP contribution in [-0.4, -0.2) is 31.2 Å². The fourth-order valence-corrected chi connectivity index (χ4v) is 3.19. The van der Waals surface area contributed by atoms with Crippen LogP contribution >= 0.6 is 23.2 Å². The first-order chi connectivity index (χ1) is 9.69. The van der Waals surface area contributed by atoms with E-state index in [1.165, 1.54) is 20.0 Å². The zero-order valence-corrected chi connectivity index (χ0v) is 13.4. The molecule has 1 aromatic heterocycles. The number of anilines is 1. The third-order valence-corrected chi connectivity index (χ3v) is 5.51. The normalized spacial score (nSPS) is 11.8.